The van der Waals surface area contributed by atoms with Crippen molar-refractivity contribution in [3.8, 4) is 0 Å². The van der Waals surface area contributed by atoms with Crippen molar-refractivity contribution in [2.24, 2.45) is 5.92 Å². The summed E-state index contributed by atoms with van der Waals surface area (Å²) in [4.78, 5) is 29.2. The molecule has 1 heterocycles. The molecule has 0 saturated heterocycles. The first-order valence-electron chi connectivity index (χ1n) is 9.82. The Morgan fingerprint density at radius 2 is 1.79 bits per heavy atom. The van der Waals surface area contributed by atoms with Crippen molar-refractivity contribution in [3.63, 3.8) is 0 Å². The molecule has 0 unspecified atom stereocenters. The highest BCUT2D eigenvalue weighted by Gasteiger charge is 2.22. The Hall–Kier alpha value is -2.80. The van der Waals surface area contributed by atoms with Crippen LogP contribution in [0.1, 0.15) is 37.7 Å². The molecule has 1 fully saturated rings. The molecule has 1 aliphatic rings. The van der Waals surface area contributed by atoms with Crippen LogP contribution in [0.25, 0.3) is 10.2 Å². The topological polar surface area (TPSA) is 71.1 Å². The lowest BCUT2D eigenvalue weighted by Crippen LogP contribution is -2.24. The number of thiazole rings is 1. The molecule has 1 aromatic heterocycles. The van der Waals surface area contributed by atoms with Gasteiger partial charge in [0.15, 0.2) is 5.13 Å². The van der Waals surface area contributed by atoms with Gasteiger partial charge in [-0.2, -0.15) is 0 Å². The molecule has 3 aromatic rings. The molecule has 2 amide bonds. The third kappa shape index (κ3) is 4.98. The van der Waals surface area contributed by atoms with Crippen LogP contribution in [0, 0.1) is 11.7 Å². The van der Waals surface area contributed by atoms with E-state index in [9.17, 15) is 14.0 Å². The second kappa shape index (κ2) is 8.69. The van der Waals surface area contributed by atoms with Crippen LogP contribution in [0.5, 0.6) is 0 Å². The Bertz CT molecular complexity index is 1030. The first kappa shape index (κ1) is 19.5. The summed E-state index contributed by atoms with van der Waals surface area (Å²) in [6, 6.07) is 11.4. The maximum absolute atomic E-state index is 13.0. The van der Waals surface area contributed by atoms with E-state index in [4.69, 9.17) is 0 Å². The maximum atomic E-state index is 13.0. The highest BCUT2D eigenvalue weighted by Crippen LogP contribution is 2.30. The predicted octanol–water partition coefficient (Wildman–Crippen LogP) is 5.14. The molecular formula is C22H22FN3O2S. The molecule has 5 nitrogen and oxygen atoms in total. The van der Waals surface area contributed by atoms with Crippen LogP contribution in [-0.2, 0) is 16.0 Å². The van der Waals surface area contributed by atoms with E-state index in [2.05, 4.69) is 15.6 Å². The van der Waals surface area contributed by atoms with Gasteiger partial charge < -0.3 is 10.6 Å². The van der Waals surface area contributed by atoms with E-state index < -0.39 is 0 Å². The highest BCUT2D eigenvalue weighted by molar-refractivity contribution is 7.22. The number of fused-ring (bicyclic) bond motifs is 1. The number of nitrogens with zero attached hydrogens (tertiary/aromatic N) is 1. The SMILES string of the molecule is O=C(Cc1ccc(F)cc1)Nc1ccc2sc(NC(=O)C3CCCCC3)nc2c1. The van der Waals surface area contributed by atoms with Crippen LogP contribution < -0.4 is 10.6 Å². The standard InChI is InChI=1S/C22H22FN3O2S/c23-16-8-6-14(7-9-16)12-20(27)24-17-10-11-19-18(13-17)25-22(29-19)26-21(28)15-4-2-1-3-5-15/h6-11,13,15H,1-5,12H2,(H,24,27)(H,25,26,28). The summed E-state index contributed by atoms with van der Waals surface area (Å²) in [5.41, 5.74) is 2.11. The summed E-state index contributed by atoms with van der Waals surface area (Å²) >= 11 is 1.43. The lowest BCUT2D eigenvalue weighted by atomic mass is 9.89. The van der Waals surface area contributed by atoms with E-state index >= 15 is 0 Å². The van der Waals surface area contributed by atoms with Crippen LogP contribution in [-0.4, -0.2) is 16.8 Å². The van der Waals surface area contributed by atoms with Gasteiger partial charge in [0.2, 0.25) is 11.8 Å². The second-order valence-electron chi connectivity index (χ2n) is 7.38. The van der Waals surface area contributed by atoms with Crippen LogP contribution in [0.4, 0.5) is 15.2 Å². The van der Waals surface area contributed by atoms with E-state index in [0.717, 1.165) is 41.5 Å². The smallest absolute Gasteiger partial charge is 0.229 e. The number of anilines is 2. The number of aromatic nitrogens is 1. The maximum Gasteiger partial charge on any atom is 0.229 e. The lowest BCUT2D eigenvalue weighted by Gasteiger charge is -2.19. The quantitative estimate of drug-likeness (QED) is 0.611. The molecular weight excluding hydrogens is 389 g/mol. The fraction of sp³-hybridized carbons (Fsp3) is 0.318. The molecule has 4 rings (SSSR count). The molecule has 2 N–H and O–H groups in total. The lowest BCUT2D eigenvalue weighted by molar-refractivity contribution is -0.120. The van der Waals surface area contributed by atoms with Gasteiger partial charge in [0, 0.05) is 11.6 Å². The van der Waals surface area contributed by atoms with Crippen molar-refractivity contribution in [1.82, 2.24) is 4.98 Å². The van der Waals surface area contributed by atoms with E-state index in [1.807, 2.05) is 12.1 Å². The number of amides is 2. The van der Waals surface area contributed by atoms with E-state index in [1.165, 1.54) is 29.9 Å². The Balaban J connectivity index is 1.40. The van der Waals surface area contributed by atoms with Gasteiger partial charge in [-0.3, -0.25) is 9.59 Å². The van der Waals surface area contributed by atoms with Crippen molar-refractivity contribution < 1.29 is 14.0 Å². The van der Waals surface area contributed by atoms with Gasteiger partial charge in [0.1, 0.15) is 5.82 Å². The Morgan fingerprint density at radius 3 is 2.55 bits per heavy atom. The average molecular weight is 412 g/mol. The van der Waals surface area contributed by atoms with E-state index in [-0.39, 0.29) is 30.0 Å². The van der Waals surface area contributed by atoms with Crippen LogP contribution in [0.3, 0.4) is 0 Å². The van der Waals surface area contributed by atoms with Gasteiger partial charge in [-0.05, 0) is 48.7 Å². The fourth-order valence-electron chi connectivity index (χ4n) is 3.62. The normalized spacial score (nSPS) is 14.7. The van der Waals surface area contributed by atoms with Gasteiger partial charge in [-0.1, -0.05) is 42.7 Å². The second-order valence-corrected chi connectivity index (χ2v) is 8.41. The molecule has 0 bridgehead atoms. The average Bonchev–Trinajstić information content (AvgIpc) is 3.12. The summed E-state index contributed by atoms with van der Waals surface area (Å²) in [5, 5.41) is 6.38. The molecule has 7 heteroatoms. The minimum atomic E-state index is -0.325. The zero-order valence-corrected chi connectivity index (χ0v) is 16.7. The highest BCUT2D eigenvalue weighted by atomic mass is 32.1. The summed E-state index contributed by atoms with van der Waals surface area (Å²) < 4.78 is 13.9. The number of benzene rings is 2. The van der Waals surface area contributed by atoms with Gasteiger partial charge in [-0.15, -0.1) is 0 Å². The van der Waals surface area contributed by atoms with E-state index in [1.54, 1.807) is 18.2 Å². The molecule has 29 heavy (non-hydrogen) atoms. The summed E-state index contributed by atoms with van der Waals surface area (Å²) in [6.07, 6.45) is 5.48. The Morgan fingerprint density at radius 1 is 1.03 bits per heavy atom. The molecule has 0 radical (unpaired) electrons. The monoisotopic (exact) mass is 411 g/mol. The fourth-order valence-corrected chi connectivity index (χ4v) is 4.47. The first-order valence-corrected chi connectivity index (χ1v) is 10.6. The first-order chi connectivity index (χ1) is 14.1. The summed E-state index contributed by atoms with van der Waals surface area (Å²) in [6.45, 7) is 0. The summed E-state index contributed by atoms with van der Waals surface area (Å²) in [5.74, 6) is -0.375. The minimum Gasteiger partial charge on any atom is -0.326 e. The van der Waals surface area contributed by atoms with Crippen molar-refractivity contribution in [1.29, 1.82) is 0 Å². The number of nitrogens with one attached hydrogen (secondary N) is 2. The summed E-state index contributed by atoms with van der Waals surface area (Å²) in [7, 11) is 0. The van der Waals surface area contributed by atoms with Crippen molar-refractivity contribution in [2.75, 3.05) is 10.6 Å². The number of rotatable bonds is 5. The number of hydrogen-bond acceptors (Lipinski definition) is 4. The number of halogens is 1. The van der Waals surface area contributed by atoms with E-state index in [0.29, 0.717) is 10.8 Å². The van der Waals surface area contributed by atoms with Gasteiger partial charge in [0.05, 0.1) is 16.6 Å². The Labute approximate surface area is 172 Å². The van der Waals surface area contributed by atoms with Crippen LogP contribution >= 0.6 is 11.3 Å². The zero-order chi connectivity index (χ0) is 20.2. The predicted molar refractivity (Wildman–Crippen MR) is 114 cm³/mol. The Kier molecular flexibility index (Phi) is 5.85. The van der Waals surface area contributed by atoms with Gasteiger partial charge in [0.25, 0.3) is 0 Å². The number of carbonyl (C=O) groups excluding carboxylic acids is 2. The number of hydrogen-bond donors (Lipinski definition) is 2. The van der Waals surface area contributed by atoms with Crippen molar-refractivity contribution >= 4 is 44.2 Å². The molecule has 1 aliphatic carbocycles. The largest absolute Gasteiger partial charge is 0.326 e. The molecule has 0 aliphatic heterocycles. The third-order valence-corrected chi connectivity index (χ3v) is 6.11. The molecule has 1 saturated carbocycles. The zero-order valence-electron chi connectivity index (χ0n) is 15.9. The molecule has 150 valence electrons. The van der Waals surface area contributed by atoms with Crippen molar-refractivity contribution in [3.05, 3.63) is 53.8 Å². The third-order valence-electron chi connectivity index (χ3n) is 5.16. The van der Waals surface area contributed by atoms with Gasteiger partial charge in [-0.25, -0.2) is 9.37 Å². The number of carbonyl (C=O) groups is 2. The van der Waals surface area contributed by atoms with Crippen LogP contribution in [0.15, 0.2) is 42.5 Å². The minimum absolute atomic E-state index is 0.0524. The van der Waals surface area contributed by atoms with Gasteiger partial charge >= 0.3 is 0 Å². The van der Waals surface area contributed by atoms with Crippen molar-refractivity contribution in [2.45, 2.75) is 38.5 Å². The van der Waals surface area contributed by atoms with Crippen LogP contribution in [0.2, 0.25) is 0 Å². The molecule has 2 aromatic carbocycles. The molecule has 0 atom stereocenters. The molecule has 0 spiro atoms.